The summed E-state index contributed by atoms with van der Waals surface area (Å²) in [6.45, 7) is 0.743. The van der Waals surface area contributed by atoms with Gasteiger partial charge in [-0.3, -0.25) is 9.78 Å². The highest BCUT2D eigenvalue weighted by atomic mass is 32.1. The predicted molar refractivity (Wildman–Crippen MR) is 121 cm³/mol. The largest absolute Gasteiger partial charge is 0.512 e. The van der Waals surface area contributed by atoms with Crippen LogP contribution in [0.2, 0.25) is 0 Å². The van der Waals surface area contributed by atoms with E-state index < -0.39 is 6.16 Å². The molecular weight excluding hydrogens is 442 g/mol. The molecule has 0 atom stereocenters. The number of hydrogen-bond acceptors (Lipinski definition) is 7. The third-order valence-electron chi connectivity index (χ3n) is 5.12. The fraction of sp³-hybridized carbons (Fsp3) is 0.0833. The Hall–Kier alpha value is -4.24. The highest BCUT2D eigenvalue weighted by Crippen LogP contribution is 2.37. The molecule has 0 spiro atoms. The first-order chi connectivity index (χ1) is 16.1. The number of thiazole rings is 1. The van der Waals surface area contributed by atoms with Crippen LogP contribution in [-0.2, 0) is 13.2 Å². The predicted octanol–water partition coefficient (Wildman–Crippen LogP) is 4.75. The minimum absolute atomic E-state index is 0.0368. The molecular formula is C24H17N3O5S. The van der Waals surface area contributed by atoms with Gasteiger partial charge >= 0.3 is 6.16 Å². The lowest BCUT2D eigenvalue weighted by atomic mass is 9.97. The molecule has 5 rings (SSSR count). The summed E-state index contributed by atoms with van der Waals surface area (Å²) in [5.41, 5.74) is 5.23. The van der Waals surface area contributed by atoms with E-state index in [4.69, 9.17) is 9.84 Å². The molecule has 33 heavy (non-hydrogen) atoms. The first kappa shape index (κ1) is 20.7. The minimum atomic E-state index is -1.41. The SMILES string of the molecule is O=C(O)Oc1csc(-c2cccc(CNC(=O)c3ccc4c(c3)OCc3cnccc3-4)c2)n1. The van der Waals surface area contributed by atoms with Crippen LogP contribution >= 0.6 is 11.3 Å². The van der Waals surface area contributed by atoms with Crippen molar-refractivity contribution in [2.75, 3.05) is 0 Å². The Kier molecular flexibility index (Phi) is 5.45. The second kappa shape index (κ2) is 8.71. The van der Waals surface area contributed by atoms with Crippen LogP contribution in [0.3, 0.4) is 0 Å². The molecule has 0 unspecified atom stereocenters. The maximum Gasteiger partial charge on any atom is 0.512 e. The molecule has 0 saturated carbocycles. The molecule has 2 aromatic carbocycles. The van der Waals surface area contributed by atoms with E-state index in [1.54, 1.807) is 24.5 Å². The Morgan fingerprint density at radius 2 is 2.06 bits per heavy atom. The van der Waals surface area contributed by atoms with Gasteiger partial charge in [0.1, 0.15) is 17.4 Å². The zero-order valence-corrected chi connectivity index (χ0v) is 18.0. The summed E-state index contributed by atoms with van der Waals surface area (Å²) in [6.07, 6.45) is 2.13. The standard InChI is InChI=1S/C24H17N3O5S/c28-22(15-4-5-19-18-6-7-25-11-17(18)12-31-20(19)9-15)26-10-14-2-1-3-16(8-14)23-27-21(13-33-23)32-24(29)30/h1-9,11,13H,10,12H2,(H,26,28)(H,29,30). The molecule has 1 aliphatic heterocycles. The molecule has 2 N–H and O–H groups in total. The number of carbonyl (C=O) groups excluding carboxylic acids is 1. The number of carboxylic acid groups (broad SMARTS) is 1. The van der Waals surface area contributed by atoms with Gasteiger partial charge in [0.25, 0.3) is 5.91 Å². The van der Waals surface area contributed by atoms with E-state index in [9.17, 15) is 9.59 Å². The van der Waals surface area contributed by atoms with Gasteiger partial charge < -0.3 is 19.9 Å². The number of nitrogens with zero attached hydrogens (tertiary/aromatic N) is 2. The van der Waals surface area contributed by atoms with Gasteiger partial charge in [0, 0.05) is 41.2 Å². The second-order valence-electron chi connectivity index (χ2n) is 7.27. The van der Waals surface area contributed by atoms with Crippen molar-refractivity contribution in [3.05, 3.63) is 83.0 Å². The first-order valence-electron chi connectivity index (χ1n) is 10.0. The van der Waals surface area contributed by atoms with Gasteiger partial charge in [-0.15, -0.1) is 11.3 Å². The second-order valence-corrected chi connectivity index (χ2v) is 8.13. The summed E-state index contributed by atoms with van der Waals surface area (Å²) < 4.78 is 10.4. The van der Waals surface area contributed by atoms with E-state index in [-0.39, 0.29) is 11.8 Å². The van der Waals surface area contributed by atoms with Crippen LogP contribution in [0.15, 0.2) is 66.3 Å². The number of benzene rings is 2. The fourth-order valence-corrected chi connectivity index (χ4v) is 4.31. The van der Waals surface area contributed by atoms with Gasteiger partial charge in [0.2, 0.25) is 5.88 Å². The molecule has 164 valence electrons. The Morgan fingerprint density at radius 3 is 2.94 bits per heavy atom. The summed E-state index contributed by atoms with van der Waals surface area (Å²) in [7, 11) is 0. The molecule has 9 heteroatoms. The van der Waals surface area contributed by atoms with Gasteiger partial charge in [-0.05, 0) is 41.5 Å². The summed E-state index contributed by atoms with van der Waals surface area (Å²) in [4.78, 5) is 31.7. The molecule has 0 radical (unpaired) electrons. The van der Waals surface area contributed by atoms with Crippen LogP contribution in [0.1, 0.15) is 21.5 Å². The molecule has 0 saturated heterocycles. The fourth-order valence-electron chi connectivity index (χ4n) is 3.59. The Balaban J connectivity index is 1.28. The molecule has 0 fully saturated rings. The van der Waals surface area contributed by atoms with Crippen LogP contribution in [-0.4, -0.2) is 27.1 Å². The number of pyridine rings is 1. The lowest BCUT2D eigenvalue weighted by Gasteiger charge is -2.20. The van der Waals surface area contributed by atoms with Crippen LogP contribution in [0.5, 0.6) is 11.6 Å². The number of hydrogen-bond donors (Lipinski definition) is 2. The van der Waals surface area contributed by atoms with Crippen LogP contribution in [0, 0.1) is 0 Å². The van der Waals surface area contributed by atoms with Gasteiger partial charge in [0.05, 0.1) is 5.38 Å². The maximum atomic E-state index is 12.8. The van der Waals surface area contributed by atoms with E-state index in [1.165, 1.54) is 16.7 Å². The third kappa shape index (κ3) is 4.39. The Bertz CT molecular complexity index is 1370. The van der Waals surface area contributed by atoms with E-state index in [1.807, 2.05) is 36.4 Å². The normalized spacial score (nSPS) is 11.6. The van der Waals surface area contributed by atoms with Gasteiger partial charge in [-0.1, -0.05) is 18.2 Å². The molecule has 0 bridgehead atoms. The average molecular weight is 459 g/mol. The Morgan fingerprint density at radius 1 is 1.15 bits per heavy atom. The van der Waals surface area contributed by atoms with E-state index in [0.717, 1.165) is 27.8 Å². The Labute approximate surface area is 192 Å². The summed E-state index contributed by atoms with van der Waals surface area (Å²) in [5.74, 6) is 0.500. The monoisotopic (exact) mass is 459 g/mol. The number of amides is 1. The number of ether oxygens (including phenoxy) is 2. The average Bonchev–Trinajstić information content (AvgIpc) is 3.30. The van der Waals surface area contributed by atoms with Crippen LogP contribution in [0.25, 0.3) is 21.7 Å². The van der Waals surface area contributed by atoms with Gasteiger partial charge in [-0.25, -0.2) is 9.78 Å². The number of fused-ring (bicyclic) bond motifs is 3. The number of aromatic nitrogens is 2. The van der Waals surface area contributed by atoms with Crippen molar-refractivity contribution >= 4 is 23.4 Å². The maximum absolute atomic E-state index is 12.8. The van der Waals surface area contributed by atoms with Gasteiger partial charge in [0.15, 0.2) is 0 Å². The molecule has 0 aliphatic carbocycles. The molecule has 2 aromatic heterocycles. The van der Waals surface area contributed by atoms with Crippen molar-refractivity contribution in [1.82, 2.24) is 15.3 Å². The molecule has 8 nitrogen and oxygen atoms in total. The van der Waals surface area contributed by atoms with Crippen molar-refractivity contribution in [1.29, 1.82) is 0 Å². The molecule has 3 heterocycles. The number of carbonyl (C=O) groups is 2. The summed E-state index contributed by atoms with van der Waals surface area (Å²) in [5, 5.41) is 13.8. The number of rotatable bonds is 5. The highest BCUT2D eigenvalue weighted by molar-refractivity contribution is 7.13. The minimum Gasteiger partial charge on any atom is -0.488 e. The first-order valence-corrected chi connectivity index (χ1v) is 10.9. The summed E-state index contributed by atoms with van der Waals surface area (Å²) >= 11 is 1.28. The molecule has 4 aromatic rings. The summed E-state index contributed by atoms with van der Waals surface area (Å²) in [6, 6.07) is 14.9. The van der Waals surface area contributed by atoms with Crippen molar-refractivity contribution in [2.45, 2.75) is 13.2 Å². The smallest absolute Gasteiger partial charge is 0.488 e. The molecule has 1 aliphatic rings. The van der Waals surface area contributed by atoms with Crippen molar-refractivity contribution < 1.29 is 24.2 Å². The lowest BCUT2D eigenvalue weighted by molar-refractivity contribution is 0.0950. The van der Waals surface area contributed by atoms with Crippen molar-refractivity contribution in [2.24, 2.45) is 0 Å². The van der Waals surface area contributed by atoms with E-state index >= 15 is 0 Å². The quantitative estimate of drug-likeness (QED) is 0.414. The van der Waals surface area contributed by atoms with E-state index in [2.05, 4.69) is 20.0 Å². The van der Waals surface area contributed by atoms with Crippen LogP contribution < -0.4 is 14.8 Å². The topological polar surface area (TPSA) is 111 Å². The van der Waals surface area contributed by atoms with E-state index in [0.29, 0.717) is 29.5 Å². The van der Waals surface area contributed by atoms with Crippen molar-refractivity contribution in [3.63, 3.8) is 0 Å². The molecule has 1 amide bonds. The van der Waals surface area contributed by atoms with Crippen molar-refractivity contribution in [3.8, 4) is 33.3 Å². The van der Waals surface area contributed by atoms with Crippen LogP contribution in [0.4, 0.5) is 4.79 Å². The zero-order chi connectivity index (χ0) is 22.8. The number of nitrogens with one attached hydrogen (secondary N) is 1. The third-order valence-corrected chi connectivity index (χ3v) is 5.99. The zero-order valence-electron chi connectivity index (χ0n) is 17.1. The van der Waals surface area contributed by atoms with Gasteiger partial charge in [-0.2, -0.15) is 0 Å². The lowest BCUT2D eigenvalue weighted by Crippen LogP contribution is -2.23. The highest BCUT2D eigenvalue weighted by Gasteiger charge is 2.19.